The van der Waals surface area contributed by atoms with Crippen molar-refractivity contribution in [3.63, 3.8) is 0 Å². The quantitative estimate of drug-likeness (QED) is 0.873. The maximum Gasteiger partial charge on any atom is 0.262 e. The molecule has 1 unspecified atom stereocenters. The Balaban J connectivity index is 2.00. The van der Waals surface area contributed by atoms with Crippen molar-refractivity contribution in [1.82, 2.24) is 9.97 Å². The molecule has 3 rings (SSSR count). The Hall–Kier alpha value is -2.25. The third-order valence-electron chi connectivity index (χ3n) is 3.17. The Morgan fingerprint density at radius 3 is 2.67 bits per heavy atom. The fourth-order valence-electron chi connectivity index (χ4n) is 2.15. The van der Waals surface area contributed by atoms with Crippen LogP contribution in [-0.4, -0.2) is 34.9 Å². The maximum atomic E-state index is 12.9. The molecule has 1 aliphatic rings. The van der Waals surface area contributed by atoms with Crippen LogP contribution >= 0.6 is 0 Å². The van der Waals surface area contributed by atoms with Gasteiger partial charge >= 0.3 is 0 Å². The summed E-state index contributed by atoms with van der Waals surface area (Å²) in [7, 11) is 0. The number of halogens is 1. The summed E-state index contributed by atoms with van der Waals surface area (Å²) in [5.74, 6) is -0.635. The molecule has 6 nitrogen and oxygen atoms in total. The summed E-state index contributed by atoms with van der Waals surface area (Å²) >= 11 is 0. The van der Waals surface area contributed by atoms with Crippen LogP contribution in [0.5, 0.6) is 5.88 Å². The first-order valence-electron chi connectivity index (χ1n) is 6.43. The summed E-state index contributed by atoms with van der Waals surface area (Å²) in [4.78, 5) is 18.7. The molecule has 1 aromatic carbocycles. The van der Waals surface area contributed by atoms with Crippen LogP contribution in [0.1, 0.15) is 11.9 Å². The molecule has 0 bridgehead atoms. The Labute approximate surface area is 119 Å². The molecule has 0 spiro atoms. The van der Waals surface area contributed by atoms with Crippen LogP contribution in [0.25, 0.3) is 11.1 Å². The van der Waals surface area contributed by atoms with E-state index in [1.54, 1.807) is 0 Å². The Bertz CT molecular complexity index is 693. The Morgan fingerprint density at radius 2 is 2.05 bits per heavy atom. The molecule has 2 aromatic rings. The van der Waals surface area contributed by atoms with Gasteiger partial charge in [0.2, 0.25) is 5.88 Å². The highest BCUT2D eigenvalue weighted by atomic mass is 19.1. The van der Waals surface area contributed by atoms with Crippen LogP contribution in [0.2, 0.25) is 0 Å². The number of benzene rings is 1. The highest BCUT2D eigenvalue weighted by molar-refractivity contribution is 5.67. The molecule has 0 aliphatic carbocycles. The van der Waals surface area contributed by atoms with E-state index in [1.165, 1.54) is 24.3 Å². The summed E-state index contributed by atoms with van der Waals surface area (Å²) in [5.41, 5.74) is -0.135. The van der Waals surface area contributed by atoms with Gasteiger partial charge < -0.3 is 19.6 Å². The lowest BCUT2D eigenvalue weighted by Gasteiger charge is -2.22. The van der Waals surface area contributed by atoms with Gasteiger partial charge in [-0.3, -0.25) is 4.79 Å². The third kappa shape index (κ3) is 2.79. The number of aromatic nitrogens is 2. The zero-order valence-corrected chi connectivity index (χ0v) is 11.0. The van der Waals surface area contributed by atoms with Crippen molar-refractivity contribution >= 4 is 0 Å². The molecule has 21 heavy (non-hydrogen) atoms. The van der Waals surface area contributed by atoms with Crippen LogP contribution in [0.15, 0.2) is 29.1 Å². The monoisotopic (exact) mass is 292 g/mol. The number of hydrogen-bond donors (Lipinski definition) is 2. The number of hydrogen-bond acceptors (Lipinski definition) is 5. The van der Waals surface area contributed by atoms with E-state index in [0.29, 0.717) is 18.8 Å². The molecular formula is C14H13FN2O4. The molecule has 2 N–H and O–H groups in total. The fourth-order valence-corrected chi connectivity index (χ4v) is 2.15. The molecule has 0 amide bonds. The SMILES string of the molecule is O=c1[nH]c(C2COCCO2)nc(O)c1-c1ccc(F)cc1. The van der Waals surface area contributed by atoms with E-state index in [-0.39, 0.29) is 18.0 Å². The minimum absolute atomic E-state index is 0.00419. The third-order valence-corrected chi connectivity index (χ3v) is 3.17. The average molecular weight is 292 g/mol. The van der Waals surface area contributed by atoms with Gasteiger partial charge in [-0.05, 0) is 17.7 Å². The standard InChI is InChI=1S/C14H13FN2O4/c15-9-3-1-8(2-4-9)11-13(18)16-12(17-14(11)19)10-7-20-5-6-21-10/h1-4,10H,5-7H2,(H2,16,17,18,19). The van der Waals surface area contributed by atoms with Gasteiger partial charge in [0, 0.05) is 0 Å². The number of ether oxygens (including phenoxy) is 2. The van der Waals surface area contributed by atoms with E-state index in [1.807, 2.05) is 0 Å². The summed E-state index contributed by atoms with van der Waals surface area (Å²) in [6.07, 6.45) is -0.514. The van der Waals surface area contributed by atoms with Gasteiger partial charge in [-0.15, -0.1) is 0 Å². The number of rotatable bonds is 2. The second kappa shape index (κ2) is 5.63. The second-order valence-corrected chi connectivity index (χ2v) is 4.59. The molecule has 110 valence electrons. The summed E-state index contributed by atoms with van der Waals surface area (Å²) in [6.45, 7) is 1.15. The first-order chi connectivity index (χ1) is 10.1. The lowest BCUT2D eigenvalue weighted by molar-refractivity contribution is -0.0937. The number of aromatic amines is 1. The van der Waals surface area contributed by atoms with E-state index in [9.17, 15) is 14.3 Å². The van der Waals surface area contributed by atoms with E-state index in [0.717, 1.165) is 0 Å². The molecule has 7 heteroatoms. The highest BCUT2D eigenvalue weighted by Gasteiger charge is 2.22. The van der Waals surface area contributed by atoms with Crippen LogP contribution < -0.4 is 5.56 Å². The predicted octanol–water partition coefficient (Wildman–Crippen LogP) is 1.37. The van der Waals surface area contributed by atoms with Gasteiger partial charge in [0.15, 0.2) is 0 Å². The first kappa shape index (κ1) is 13.7. The van der Waals surface area contributed by atoms with Crippen molar-refractivity contribution in [2.45, 2.75) is 6.10 Å². The fraction of sp³-hybridized carbons (Fsp3) is 0.286. The van der Waals surface area contributed by atoms with Gasteiger partial charge in [0.1, 0.15) is 23.3 Å². The van der Waals surface area contributed by atoms with Crippen molar-refractivity contribution in [3.8, 4) is 17.0 Å². The van der Waals surface area contributed by atoms with E-state index in [2.05, 4.69) is 9.97 Å². The lowest BCUT2D eigenvalue weighted by atomic mass is 10.1. The van der Waals surface area contributed by atoms with Gasteiger partial charge in [0.25, 0.3) is 5.56 Å². The molecule has 1 atom stereocenters. The molecular weight excluding hydrogens is 279 g/mol. The normalized spacial score (nSPS) is 18.6. The molecule has 1 aliphatic heterocycles. The number of H-pyrrole nitrogens is 1. The van der Waals surface area contributed by atoms with E-state index >= 15 is 0 Å². The van der Waals surface area contributed by atoms with E-state index in [4.69, 9.17) is 9.47 Å². The highest BCUT2D eigenvalue weighted by Crippen LogP contribution is 2.25. The predicted molar refractivity (Wildman–Crippen MR) is 71.4 cm³/mol. The largest absolute Gasteiger partial charge is 0.493 e. The topological polar surface area (TPSA) is 84.4 Å². The molecule has 0 saturated carbocycles. The van der Waals surface area contributed by atoms with Gasteiger partial charge in [-0.25, -0.2) is 4.39 Å². The summed E-state index contributed by atoms with van der Waals surface area (Å²) < 4.78 is 23.6. The molecule has 0 radical (unpaired) electrons. The number of aromatic hydroxyl groups is 1. The van der Waals surface area contributed by atoms with Crippen molar-refractivity contribution in [2.75, 3.05) is 19.8 Å². The number of nitrogens with one attached hydrogen (secondary N) is 1. The minimum Gasteiger partial charge on any atom is -0.493 e. The molecule has 1 fully saturated rings. The first-order valence-corrected chi connectivity index (χ1v) is 6.43. The van der Waals surface area contributed by atoms with E-state index < -0.39 is 23.4 Å². The Kier molecular flexibility index (Phi) is 3.68. The average Bonchev–Trinajstić information content (AvgIpc) is 2.49. The number of nitrogens with zero attached hydrogens (tertiary/aromatic N) is 1. The van der Waals surface area contributed by atoms with Crippen LogP contribution in [0, 0.1) is 5.82 Å². The smallest absolute Gasteiger partial charge is 0.262 e. The van der Waals surface area contributed by atoms with Gasteiger partial charge in [0.05, 0.1) is 19.8 Å². The lowest BCUT2D eigenvalue weighted by Crippen LogP contribution is -2.26. The van der Waals surface area contributed by atoms with Gasteiger partial charge in [-0.1, -0.05) is 12.1 Å². The van der Waals surface area contributed by atoms with Crippen molar-refractivity contribution < 1.29 is 19.0 Å². The zero-order chi connectivity index (χ0) is 14.8. The maximum absolute atomic E-state index is 12.9. The van der Waals surface area contributed by atoms with Crippen LogP contribution in [0.3, 0.4) is 0 Å². The molecule has 1 saturated heterocycles. The summed E-state index contributed by atoms with van der Waals surface area (Å²) in [6, 6.07) is 5.23. The van der Waals surface area contributed by atoms with Crippen LogP contribution in [-0.2, 0) is 9.47 Å². The van der Waals surface area contributed by atoms with Crippen molar-refractivity contribution in [3.05, 3.63) is 46.3 Å². The van der Waals surface area contributed by atoms with Crippen molar-refractivity contribution in [1.29, 1.82) is 0 Å². The zero-order valence-electron chi connectivity index (χ0n) is 11.0. The van der Waals surface area contributed by atoms with Gasteiger partial charge in [-0.2, -0.15) is 4.98 Å². The summed E-state index contributed by atoms with van der Waals surface area (Å²) in [5, 5.41) is 10.0. The molecule has 1 aromatic heterocycles. The van der Waals surface area contributed by atoms with Crippen LogP contribution in [0.4, 0.5) is 4.39 Å². The molecule has 2 heterocycles. The Morgan fingerprint density at radius 1 is 1.29 bits per heavy atom. The van der Waals surface area contributed by atoms with Crippen molar-refractivity contribution in [2.24, 2.45) is 0 Å². The minimum atomic E-state index is -0.515. The second-order valence-electron chi connectivity index (χ2n) is 4.59.